The van der Waals surface area contributed by atoms with Gasteiger partial charge in [0.1, 0.15) is 17.8 Å². The first-order chi connectivity index (χ1) is 9.69. The molecule has 3 rings (SSSR count). The summed E-state index contributed by atoms with van der Waals surface area (Å²) in [6.45, 7) is 1.62. The molecular formula is C13H14N4O3. The van der Waals surface area contributed by atoms with Gasteiger partial charge in [0.05, 0.1) is 19.2 Å². The van der Waals surface area contributed by atoms with E-state index in [4.69, 9.17) is 4.74 Å². The molecule has 1 N–H and O–H groups in total. The molecule has 7 heteroatoms. The van der Waals surface area contributed by atoms with E-state index in [1.165, 1.54) is 13.2 Å². The zero-order valence-corrected chi connectivity index (χ0v) is 11.0. The molecule has 0 bridgehead atoms. The lowest BCUT2D eigenvalue weighted by Crippen LogP contribution is -2.38. The molecule has 2 heterocycles. The van der Waals surface area contributed by atoms with Gasteiger partial charge in [-0.1, -0.05) is 0 Å². The summed E-state index contributed by atoms with van der Waals surface area (Å²) in [5, 5.41) is 17.7. The van der Waals surface area contributed by atoms with E-state index in [1.807, 2.05) is 4.57 Å². The quantitative estimate of drug-likeness (QED) is 0.869. The second-order valence-corrected chi connectivity index (χ2v) is 4.55. The summed E-state index contributed by atoms with van der Waals surface area (Å²) in [5.74, 6) is 0.954. The molecule has 1 aliphatic rings. The third kappa shape index (κ3) is 2.07. The highest BCUT2D eigenvalue weighted by molar-refractivity contribution is 5.97. The smallest absolute Gasteiger partial charge is 0.258 e. The monoisotopic (exact) mass is 274 g/mol. The number of carbonyl (C=O) groups is 1. The maximum Gasteiger partial charge on any atom is 0.258 e. The second-order valence-electron chi connectivity index (χ2n) is 4.55. The predicted molar refractivity (Wildman–Crippen MR) is 69.4 cm³/mol. The Balaban J connectivity index is 1.83. The Labute approximate surface area is 115 Å². The van der Waals surface area contributed by atoms with Crippen LogP contribution in [0.3, 0.4) is 0 Å². The first-order valence-electron chi connectivity index (χ1n) is 6.22. The van der Waals surface area contributed by atoms with Crippen LogP contribution in [0.2, 0.25) is 0 Å². The van der Waals surface area contributed by atoms with Crippen LogP contribution in [0.1, 0.15) is 16.2 Å². The number of methoxy groups -OCH3 is 1. The number of phenolic OH excluding ortho intramolecular Hbond substituents is 1. The molecule has 1 amide bonds. The zero-order chi connectivity index (χ0) is 14.1. The summed E-state index contributed by atoms with van der Waals surface area (Å²) in [4.78, 5) is 14.1. The third-order valence-corrected chi connectivity index (χ3v) is 3.36. The Hall–Kier alpha value is -2.57. The van der Waals surface area contributed by atoms with Gasteiger partial charge in [0.15, 0.2) is 5.82 Å². The van der Waals surface area contributed by atoms with Gasteiger partial charge in [-0.05, 0) is 12.1 Å². The molecule has 0 spiro atoms. The largest absolute Gasteiger partial charge is 0.507 e. The van der Waals surface area contributed by atoms with Gasteiger partial charge < -0.3 is 19.3 Å². The fraction of sp³-hybridized carbons (Fsp3) is 0.308. The van der Waals surface area contributed by atoms with Crippen molar-refractivity contribution in [2.75, 3.05) is 13.7 Å². The summed E-state index contributed by atoms with van der Waals surface area (Å²) in [6.07, 6.45) is 1.65. The average molecular weight is 274 g/mol. The number of benzene rings is 1. The number of phenols is 1. The van der Waals surface area contributed by atoms with Gasteiger partial charge >= 0.3 is 0 Å². The molecule has 20 heavy (non-hydrogen) atoms. The van der Waals surface area contributed by atoms with Gasteiger partial charge in [0.25, 0.3) is 5.91 Å². The fourth-order valence-electron chi connectivity index (χ4n) is 2.23. The van der Waals surface area contributed by atoms with Gasteiger partial charge in [-0.2, -0.15) is 0 Å². The van der Waals surface area contributed by atoms with Crippen molar-refractivity contribution in [3.8, 4) is 11.5 Å². The SMILES string of the molecule is COc1ccc(C(=O)N2CCn3cnnc3C2)c(O)c1. The van der Waals surface area contributed by atoms with E-state index in [1.54, 1.807) is 23.4 Å². The van der Waals surface area contributed by atoms with Gasteiger partial charge in [-0.25, -0.2) is 0 Å². The first kappa shape index (κ1) is 12.5. The van der Waals surface area contributed by atoms with Crippen LogP contribution >= 0.6 is 0 Å². The summed E-state index contributed by atoms with van der Waals surface area (Å²) in [7, 11) is 1.51. The van der Waals surface area contributed by atoms with Crippen LogP contribution in [-0.4, -0.2) is 44.3 Å². The van der Waals surface area contributed by atoms with Crippen molar-refractivity contribution in [2.24, 2.45) is 0 Å². The molecule has 0 unspecified atom stereocenters. The molecule has 0 fully saturated rings. The molecule has 0 radical (unpaired) electrons. The lowest BCUT2D eigenvalue weighted by Gasteiger charge is -2.27. The number of amides is 1. The number of rotatable bonds is 2. The minimum atomic E-state index is -0.223. The Bertz CT molecular complexity index is 653. The van der Waals surface area contributed by atoms with Crippen molar-refractivity contribution in [1.29, 1.82) is 0 Å². The van der Waals surface area contributed by atoms with E-state index in [-0.39, 0.29) is 17.2 Å². The Morgan fingerprint density at radius 1 is 1.40 bits per heavy atom. The number of fused-ring (bicyclic) bond motifs is 1. The van der Waals surface area contributed by atoms with Gasteiger partial charge in [0, 0.05) is 19.2 Å². The Kier molecular flexibility index (Phi) is 3.02. The van der Waals surface area contributed by atoms with Crippen LogP contribution in [0.5, 0.6) is 11.5 Å². The van der Waals surface area contributed by atoms with E-state index in [9.17, 15) is 9.90 Å². The zero-order valence-electron chi connectivity index (χ0n) is 11.0. The molecule has 2 aromatic rings. The number of ether oxygens (including phenoxy) is 1. The van der Waals surface area contributed by atoms with E-state index < -0.39 is 0 Å². The fourth-order valence-corrected chi connectivity index (χ4v) is 2.23. The number of nitrogens with zero attached hydrogens (tertiary/aromatic N) is 4. The van der Waals surface area contributed by atoms with Crippen molar-refractivity contribution in [1.82, 2.24) is 19.7 Å². The van der Waals surface area contributed by atoms with Gasteiger partial charge in [0.2, 0.25) is 0 Å². The standard InChI is InChI=1S/C13H14N4O3/c1-20-9-2-3-10(11(18)6-9)13(19)16-4-5-17-8-14-15-12(17)7-16/h2-3,6,8,18H,4-5,7H2,1H3. The highest BCUT2D eigenvalue weighted by Crippen LogP contribution is 2.25. The number of aromatic nitrogens is 3. The highest BCUT2D eigenvalue weighted by Gasteiger charge is 2.24. The molecule has 0 aliphatic carbocycles. The maximum absolute atomic E-state index is 12.4. The predicted octanol–water partition coefficient (Wildman–Crippen LogP) is 0.648. The minimum absolute atomic E-state index is 0.0820. The Morgan fingerprint density at radius 2 is 2.25 bits per heavy atom. The van der Waals surface area contributed by atoms with Gasteiger partial charge in [-0.15, -0.1) is 10.2 Å². The lowest BCUT2D eigenvalue weighted by molar-refractivity contribution is 0.0704. The van der Waals surface area contributed by atoms with Crippen molar-refractivity contribution >= 4 is 5.91 Å². The van der Waals surface area contributed by atoms with Crippen molar-refractivity contribution in [3.63, 3.8) is 0 Å². The first-order valence-corrected chi connectivity index (χ1v) is 6.22. The third-order valence-electron chi connectivity index (χ3n) is 3.36. The van der Waals surface area contributed by atoms with E-state index in [0.717, 1.165) is 5.82 Å². The molecule has 1 aromatic heterocycles. The van der Waals surface area contributed by atoms with Crippen molar-refractivity contribution < 1.29 is 14.6 Å². The molecule has 1 aromatic carbocycles. The normalized spacial score (nSPS) is 13.9. The molecule has 0 atom stereocenters. The Morgan fingerprint density at radius 3 is 3.00 bits per heavy atom. The van der Waals surface area contributed by atoms with Crippen LogP contribution in [-0.2, 0) is 13.1 Å². The molecule has 7 nitrogen and oxygen atoms in total. The number of hydrogen-bond donors (Lipinski definition) is 1. The van der Waals surface area contributed by atoms with Gasteiger partial charge in [-0.3, -0.25) is 4.79 Å². The number of carbonyl (C=O) groups excluding carboxylic acids is 1. The molecule has 104 valence electrons. The second kappa shape index (κ2) is 4.84. The highest BCUT2D eigenvalue weighted by atomic mass is 16.5. The van der Waals surface area contributed by atoms with E-state index in [0.29, 0.717) is 25.4 Å². The average Bonchev–Trinajstić information content (AvgIpc) is 2.93. The van der Waals surface area contributed by atoms with Crippen LogP contribution in [0, 0.1) is 0 Å². The lowest BCUT2D eigenvalue weighted by atomic mass is 10.1. The number of hydrogen-bond acceptors (Lipinski definition) is 5. The van der Waals surface area contributed by atoms with Crippen LogP contribution < -0.4 is 4.74 Å². The summed E-state index contributed by atoms with van der Waals surface area (Å²) >= 11 is 0. The molecule has 0 saturated heterocycles. The molecular weight excluding hydrogens is 260 g/mol. The minimum Gasteiger partial charge on any atom is -0.507 e. The molecule has 0 saturated carbocycles. The topological polar surface area (TPSA) is 80.5 Å². The molecule has 1 aliphatic heterocycles. The summed E-state index contributed by atoms with van der Waals surface area (Å²) in [6, 6.07) is 4.65. The van der Waals surface area contributed by atoms with Crippen molar-refractivity contribution in [3.05, 3.63) is 35.9 Å². The van der Waals surface area contributed by atoms with E-state index in [2.05, 4.69) is 10.2 Å². The summed E-state index contributed by atoms with van der Waals surface area (Å²) in [5.41, 5.74) is 0.263. The van der Waals surface area contributed by atoms with Crippen LogP contribution in [0.4, 0.5) is 0 Å². The van der Waals surface area contributed by atoms with E-state index >= 15 is 0 Å². The number of aromatic hydroxyl groups is 1. The van der Waals surface area contributed by atoms with Crippen LogP contribution in [0.25, 0.3) is 0 Å². The maximum atomic E-state index is 12.4. The summed E-state index contributed by atoms with van der Waals surface area (Å²) < 4.78 is 6.92. The van der Waals surface area contributed by atoms with Crippen molar-refractivity contribution in [2.45, 2.75) is 13.1 Å². The van der Waals surface area contributed by atoms with Crippen LogP contribution in [0.15, 0.2) is 24.5 Å².